The number of carbonyl (C=O) groups is 3. The number of likely N-dealkylation sites (tertiary alicyclic amines) is 1. The Morgan fingerprint density at radius 2 is 1.81 bits per heavy atom. The number of carbonyl (C=O) groups excluding carboxylic acids is 3. The van der Waals surface area contributed by atoms with Crippen molar-refractivity contribution in [3.8, 4) is 0 Å². The van der Waals surface area contributed by atoms with Gasteiger partial charge in [0.15, 0.2) is 0 Å². The van der Waals surface area contributed by atoms with Crippen LogP contribution in [-0.4, -0.2) is 58.1 Å². The van der Waals surface area contributed by atoms with E-state index in [4.69, 9.17) is 4.74 Å². The lowest BCUT2D eigenvalue weighted by molar-refractivity contribution is -0.143. The molecule has 3 amide bonds. The normalized spacial score (nSPS) is 29.9. The molecule has 2 aromatic rings. The third-order valence-electron chi connectivity index (χ3n) is 8.31. The fourth-order valence-corrected chi connectivity index (χ4v) is 6.57. The molecule has 5 rings (SSSR count). The summed E-state index contributed by atoms with van der Waals surface area (Å²) in [5, 5.41) is 15.3. The number of amides is 3. The van der Waals surface area contributed by atoms with E-state index in [0.717, 1.165) is 11.1 Å². The van der Waals surface area contributed by atoms with Gasteiger partial charge in [0.25, 0.3) is 0 Å². The van der Waals surface area contributed by atoms with Crippen molar-refractivity contribution >= 4 is 29.1 Å². The first-order valence-corrected chi connectivity index (χ1v) is 13.1. The maximum atomic E-state index is 14.0. The summed E-state index contributed by atoms with van der Waals surface area (Å²) in [6, 6.07) is 14.2. The molecule has 5 atom stereocenters. The van der Waals surface area contributed by atoms with Gasteiger partial charge >= 0.3 is 0 Å². The third-order valence-corrected chi connectivity index (χ3v) is 8.31. The predicted molar refractivity (Wildman–Crippen MR) is 140 cm³/mol. The standard InChI is InChI=1S/C29H35N3O5/c1-18-11-12-19(2)21(17-18)31-26(35)24-29-14-13-28(3,37-29)22(25(34)30-20-9-5-4-6-10-20)23(29)27(36)32(24)15-7-8-16-33/h4-6,9-12,17,22-24,33H,7-8,13-16H2,1-3H3,(H,30,34)(H,31,35)/t22-,23-,24?,28+,29?/m0/s1. The summed E-state index contributed by atoms with van der Waals surface area (Å²) in [6.45, 7) is 6.10. The Hall–Kier alpha value is -3.23. The summed E-state index contributed by atoms with van der Waals surface area (Å²) in [4.78, 5) is 43.1. The Balaban J connectivity index is 1.50. The molecule has 3 fully saturated rings. The number of hydrogen-bond donors (Lipinski definition) is 3. The molecule has 0 aliphatic carbocycles. The van der Waals surface area contributed by atoms with Gasteiger partial charge in [0.05, 0.1) is 17.4 Å². The smallest absolute Gasteiger partial charge is 0.250 e. The highest BCUT2D eigenvalue weighted by Crippen LogP contribution is 2.63. The number of hydrogen-bond acceptors (Lipinski definition) is 5. The molecule has 2 bridgehead atoms. The summed E-state index contributed by atoms with van der Waals surface area (Å²) in [5.74, 6) is -2.26. The molecule has 196 valence electrons. The molecule has 2 aromatic carbocycles. The van der Waals surface area contributed by atoms with Crippen LogP contribution in [-0.2, 0) is 19.1 Å². The summed E-state index contributed by atoms with van der Waals surface area (Å²) in [6.07, 6.45) is 2.18. The van der Waals surface area contributed by atoms with Crippen molar-refractivity contribution in [1.82, 2.24) is 4.90 Å². The van der Waals surface area contributed by atoms with Gasteiger partial charge < -0.3 is 25.4 Å². The second kappa shape index (κ2) is 9.58. The van der Waals surface area contributed by atoms with Crippen LogP contribution in [0.25, 0.3) is 0 Å². The quantitative estimate of drug-likeness (QED) is 0.477. The molecular formula is C29H35N3O5. The van der Waals surface area contributed by atoms with Gasteiger partial charge in [-0.25, -0.2) is 0 Å². The number of aryl methyl sites for hydroxylation is 2. The van der Waals surface area contributed by atoms with Crippen molar-refractivity contribution in [3.05, 3.63) is 59.7 Å². The van der Waals surface area contributed by atoms with Crippen molar-refractivity contribution in [2.75, 3.05) is 23.8 Å². The van der Waals surface area contributed by atoms with E-state index < -0.39 is 29.1 Å². The van der Waals surface area contributed by atoms with Crippen molar-refractivity contribution in [2.45, 2.75) is 63.7 Å². The Bertz CT molecular complexity index is 1220. The van der Waals surface area contributed by atoms with Crippen molar-refractivity contribution < 1.29 is 24.2 Å². The minimum atomic E-state index is -1.08. The van der Waals surface area contributed by atoms with Crippen molar-refractivity contribution in [1.29, 1.82) is 0 Å². The van der Waals surface area contributed by atoms with Gasteiger partial charge in [-0.1, -0.05) is 30.3 Å². The van der Waals surface area contributed by atoms with E-state index in [-0.39, 0.29) is 24.3 Å². The highest BCUT2D eigenvalue weighted by molar-refractivity contribution is 6.05. The lowest BCUT2D eigenvalue weighted by Gasteiger charge is -2.33. The fourth-order valence-electron chi connectivity index (χ4n) is 6.57. The summed E-state index contributed by atoms with van der Waals surface area (Å²) in [7, 11) is 0. The number of para-hydroxylation sites is 1. The van der Waals surface area contributed by atoms with Crippen LogP contribution in [0.15, 0.2) is 48.5 Å². The van der Waals surface area contributed by atoms with Crippen LogP contribution in [0.2, 0.25) is 0 Å². The molecule has 1 spiro atoms. The van der Waals surface area contributed by atoms with Gasteiger partial charge in [0, 0.05) is 24.5 Å². The third kappa shape index (κ3) is 4.22. The van der Waals surface area contributed by atoms with E-state index in [0.29, 0.717) is 43.6 Å². The highest BCUT2D eigenvalue weighted by Gasteiger charge is 2.77. The number of nitrogens with zero attached hydrogens (tertiary/aromatic N) is 1. The van der Waals surface area contributed by atoms with Crippen LogP contribution >= 0.6 is 0 Å². The number of fused-ring (bicyclic) bond motifs is 1. The van der Waals surface area contributed by atoms with Crippen molar-refractivity contribution in [3.63, 3.8) is 0 Å². The van der Waals surface area contributed by atoms with Gasteiger partial charge in [-0.15, -0.1) is 0 Å². The second-order valence-electron chi connectivity index (χ2n) is 10.9. The maximum Gasteiger partial charge on any atom is 0.250 e. The number of benzene rings is 2. The topological polar surface area (TPSA) is 108 Å². The number of nitrogens with one attached hydrogen (secondary N) is 2. The molecule has 3 heterocycles. The van der Waals surface area contributed by atoms with Gasteiger partial charge in [-0.05, 0) is 75.8 Å². The average molecular weight is 506 g/mol. The van der Waals surface area contributed by atoms with Crippen LogP contribution in [0.4, 0.5) is 11.4 Å². The largest absolute Gasteiger partial charge is 0.396 e. The van der Waals surface area contributed by atoms with E-state index in [2.05, 4.69) is 10.6 Å². The van der Waals surface area contributed by atoms with E-state index in [9.17, 15) is 19.5 Å². The van der Waals surface area contributed by atoms with Gasteiger partial charge in [-0.2, -0.15) is 0 Å². The molecule has 3 aliphatic heterocycles. The van der Waals surface area contributed by atoms with Crippen LogP contribution in [0.5, 0.6) is 0 Å². The zero-order chi connectivity index (χ0) is 26.4. The summed E-state index contributed by atoms with van der Waals surface area (Å²) < 4.78 is 6.64. The number of anilines is 2. The minimum absolute atomic E-state index is 0.00658. The van der Waals surface area contributed by atoms with E-state index in [1.54, 1.807) is 4.90 Å². The molecule has 3 N–H and O–H groups in total. The van der Waals surface area contributed by atoms with Crippen LogP contribution in [0, 0.1) is 25.7 Å². The monoisotopic (exact) mass is 505 g/mol. The molecule has 3 aliphatic rings. The first-order valence-electron chi connectivity index (χ1n) is 13.1. The Morgan fingerprint density at radius 3 is 2.54 bits per heavy atom. The lowest BCUT2D eigenvalue weighted by Crippen LogP contribution is -2.53. The van der Waals surface area contributed by atoms with E-state index >= 15 is 0 Å². The summed E-state index contributed by atoms with van der Waals surface area (Å²) in [5.41, 5.74) is 1.38. The van der Waals surface area contributed by atoms with E-state index in [1.807, 2.05) is 69.3 Å². The number of ether oxygens (including phenoxy) is 1. The first-order chi connectivity index (χ1) is 17.7. The Labute approximate surface area is 217 Å². The zero-order valence-electron chi connectivity index (χ0n) is 21.6. The highest BCUT2D eigenvalue weighted by atomic mass is 16.5. The molecular weight excluding hydrogens is 470 g/mol. The Kier molecular flexibility index (Phi) is 6.58. The Morgan fingerprint density at radius 1 is 1.05 bits per heavy atom. The SMILES string of the molecule is Cc1ccc(C)c(NC(=O)C2N(CCCCO)C(=O)[C@@H]3[C@@H](C(=O)Nc4ccccc4)[C@@]4(C)CCC23O4)c1. The maximum absolute atomic E-state index is 14.0. The molecule has 0 aromatic heterocycles. The second-order valence-corrected chi connectivity index (χ2v) is 10.9. The predicted octanol–water partition coefficient (Wildman–Crippen LogP) is 3.42. The molecule has 0 radical (unpaired) electrons. The van der Waals surface area contributed by atoms with Gasteiger partial charge in [0.1, 0.15) is 11.6 Å². The molecule has 8 nitrogen and oxygen atoms in total. The van der Waals surface area contributed by atoms with Crippen LogP contribution < -0.4 is 10.6 Å². The average Bonchev–Trinajstić information content (AvgIpc) is 3.43. The molecule has 2 unspecified atom stereocenters. The molecule has 8 heteroatoms. The minimum Gasteiger partial charge on any atom is -0.396 e. The lowest BCUT2D eigenvalue weighted by atomic mass is 9.66. The summed E-state index contributed by atoms with van der Waals surface area (Å²) >= 11 is 0. The van der Waals surface area contributed by atoms with E-state index in [1.165, 1.54) is 0 Å². The number of aliphatic hydroxyl groups excluding tert-OH is 1. The molecule has 3 saturated heterocycles. The zero-order valence-corrected chi connectivity index (χ0v) is 21.6. The van der Waals surface area contributed by atoms with Crippen LogP contribution in [0.1, 0.15) is 43.7 Å². The molecule has 0 saturated carbocycles. The first kappa shape index (κ1) is 25.4. The van der Waals surface area contributed by atoms with Gasteiger partial charge in [0.2, 0.25) is 17.7 Å². The molecule has 37 heavy (non-hydrogen) atoms. The fraction of sp³-hybridized carbons (Fsp3) is 0.483. The number of rotatable bonds is 8. The number of unbranched alkanes of at least 4 members (excludes halogenated alkanes) is 1. The van der Waals surface area contributed by atoms with Crippen molar-refractivity contribution in [2.24, 2.45) is 11.8 Å². The number of aliphatic hydroxyl groups is 1. The van der Waals surface area contributed by atoms with Crippen LogP contribution in [0.3, 0.4) is 0 Å². The van der Waals surface area contributed by atoms with Gasteiger partial charge in [-0.3, -0.25) is 14.4 Å².